The Kier molecular flexibility index (Phi) is 8.05. The number of nitrogens with one attached hydrogen (secondary N) is 2. The lowest BCUT2D eigenvalue weighted by atomic mass is 9.73. The van der Waals surface area contributed by atoms with Crippen molar-refractivity contribution in [1.82, 2.24) is 10.3 Å². The Bertz CT molecular complexity index is 1820. The fourth-order valence-electron chi connectivity index (χ4n) is 5.92. The summed E-state index contributed by atoms with van der Waals surface area (Å²) in [5.74, 6) is -0.321. The van der Waals surface area contributed by atoms with Crippen molar-refractivity contribution < 1.29 is 31.9 Å². The van der Waals surface area contributed by atoms with Gasteiger partial charge < -0.3 is 19.8 Å². The van der Waals surface area contributed by atoms with Crippen LogP contribution in [-0.2, 0) is 22.4 Å². The molecule has 1 aliphatic heterocycles. The molecule has 1 aliphatic carbocycles. The normalized spacial score (nSPS) is 18.4. The average Bonchev–Trinajstić information content (AvgIpc) is 3.48. The number of rotatable bonds is 7. The van der Waals surface area contributed by atoms with Crippen molar-refractivity contribution in [2.75, 3.05) is 5.32 Å². The number of carbonyl (C=O) groups is 2. The Hall–Kier alpha value is -5.12. The molecular weight excluding hydrogens is 583 g/mol. The first-order valence-electron chi connectivity index (χ1n) is 14.5. The molecule has 2 atom stereocenters. The van der Waals surface area contributed by atoms with E-state index in [1.165, 1.54) is 12.1 Å². The van der Waals surface area contributed by atoms with Crippen LogP contribution in [0.3, 0.4) is 0 Å². The van der Waals surface area contributed by atoms with Crippen molar-refractivity contribution in [3.05, 3.63) is 136 Å². The van der Waals surface area contributed by atoms with Gasteiger partial charge in [-0.15, -0.1) is 0 Å². The van der Waals surface area contributed by atoms with E-state index in [0.717, 1.165) is 29.0 Å². The van der Waals surface area contributed by atoms with Crippen LogP contribution in [0.5, 0.6) is 5.75 Å². The van der Waals surface area contributed by atoms with Gasteiger partial charge in [0.1, 0.15) is 29.7 Å². The second-order valence-electron chi connectivity index (χ2n) is 11.2. The largest absolute Gasteiger partial charge is 0.486 e. The topological polar surface area (TPSA) is 93.5 Å². The minimum Gasteiger partial charge on any atom is -0.486 e. The van der Waals surface area contributed by atoms with Gasteiger partial charge in [0.05, 0.1) is 17.1 Å². The van der Waals surface area contributed by atoms with Crippen molar-refractivity contribution in [2.24, 2.45) is 0 Å². The van der Waals surface area contributed by atoms with Gasteiger partial charge in [-0.3, -0.25) is 9.59 Å². The molecule has 0 radical (unpaired) electrons. The average molecular weight is 614 g/mol. The summed E-state index contributed by atoms with van der Waals surface area (Å²) >= 11 is 0. The SMILES string of the molecule is CC1=C(C(=O)Nc2cc(C)ccn2)[C@@H](c2ccc(COc3cccc(C(F)(F)F)c3)o2)C2=C(C[C@@H](c3ccccc3)CC2=O)N1. The lowest BCUT2D eigenvalue weighted by Crippen LogP contribution is -2.37. The van der Waals surface area contributed by atoms with Gasteiger partial charge in [0.25, 0.3) is 5.91 Å². The monoisotopic (exact) mass is 613 g/mol. The van der Waals surface area contributed by atoms with E-state index >= 15 is 0 Å². The highest BCUT2D eigenvalue weighted by Gasteiger charge is 2.42. The van der Waals surface area contributed by atoms with E-state index in [2.05, 4.69) is 15.6 Å². The Balaban J connectivity index is 1.33. The summed E-state index contributed by atoms with van der Waals surface area (Å²) in [6.07, 6.45) is -2.07. The molecule has 45 heavy (non-hydrogen) atoms. The number of nitrogens with zero attached hydrogens (tertiary/aromatic N) is 1. The van der Waals surface area contributed by atoms with Gasteiger partial charge in [-0.2, -0.15) is 13.2 Å². The van der Waals surface area contributed by atoms with Gasteiger partial charge in [-0.05, 0) is 79.8 Å². The fourth-order valence-corrected chi connectivity index (χ4v) is 5.92. The summed E-state index contributed by atoms with van der Waals surface area (Å²) in [6.45, 7) is 3.52. The van der Waals surface area contributed by atoms with E-state index in [1.54, 1.807) is 31.3 Å². The molecule has 230 valence electrons. The molecule has 0 spiro atoms. The first-order chi connectivity index (χ1) is 21.6. The lowest BCUT2D eigenvalue weighted by Gasteiger charge is -2.36. The molecule has 0 unspecified atom stereocenters. The van der Waals surface area contributed by atoms with Crippen molar-refractivity contribution in [1.29, 1.82) is 0 Å². The second-order valence-corrected chi connectivity index (χ2v) is 11.2. The van der Waals surface area contributed by atoms with E-state index in [9.17, 15) is 22.8 Å². The van der Waals surface area contributed by atoms with E-state index in [4.69, 9.17) is 9.15 Å². The van der Waals surface area contributed by atoms with E-state index in [1.807, 2.05) is 43.3 Å². The zero-order chi connectivity index (χ0) is 31.7. The molecule has 6 rings (SSSR count). The molecule has 0 bridgehead atoms. The number of ether oxygens (including phenoxy) is 1. The summed E-state index contributed by atoms with van der Waals surface area (Å²) in [5, 5.41) is 6.20. The van der Waals surface area contributed by atoms with Gasteiger partial charge in [0.2, 0.25) is 0 Å². The molecule has 2 aliphatic rings. The molecular formula is C35H30F3N3O4. The fraction of sp³-hybridized carbons (Fsp3) is 0.229. The number of amides is 1. The lowest BCUT2D eigenvalue weighted by molar-refractivity contribution is -0.137. The highest BCUT2D eigenvalue weighted by atomic mass is 19.4. The van der Waals surface area contributed by atoms with Crippen LogP contribution in [0.4, 0.5) is 19.0 Å². The van der Waals surface area contributed by atoms with Gasteiger partial charge >= 0.3 is 6.18 Å². The number of aryl methyl sites for hydroxylation is 1. The van der Waals surface area contributed by atoms with Gasteiger partial charge in [0, 0.05) is 29.6 Å². The van der Waals surface area contributed by atoms with Gasteiger partial charge in [-0.25, -0.2) is 4.98 Å². The number of hydrogen-bond donors (Lipinski definition) is 2. The third-order valence-electron chi connectivity index (χ3n) is 8.01. The van der Waals surface area contributed by atoms with Crippen LogP contribution in [-0.4, -0.2) is 16.7 Å². The van der Waals surface area contributed by atoms with Gasteiger partial charge in [0.15, 0.2) is 5.78 Å². The van der Waals surface area contributed by atoms with E-state index in [-0.39, 0.29) is 30.5 Å². The van der Waals surface area contributed by atoms with Crippen LogP contribution in [0.25, 0.3) is 0 Å². The summed E-state index contributed by atoms with van der Waals surface area (Å²) in [6, 6.07) is 21.3. The molecule has 2 aromatic carbocycles. The highest BCUT2D eigenvalue weighted by Crippen LogP contribution is 2.46. The standard InChI is InChI=1S/C35H30F3N3O4/c1-20-13-14-39-30(15-20)41-34(43)31-21(2)40-27-16-23(22-7-4-3-5-8-22)17-28(42)32(27)33(31)29-12-11-26(45-29)19-44-25-10-6-9-24(18-25)35(36,37)38/h3-15,18,23,33,40H,16-17,19H2,1-2H3,(H,39,41,43)/t23-,33-/m1/s1. The highest BCUT2D eigenvalue weighted by molar-refractivity contribution is 6.09. The minimum atomic E-state index is -4.50. The molecule has 0 saturated heterocycles. The summed E-state index contributed by atoms with van der Waals surface area (Å²) in [5.41, 5.74) is 3.21. The number of ketones is 1. The predicted octanol–water partition coefficient (Wildman–Crippen LogP) is 7.58. The number of halogens is 3. The molecule has 1 amide bonds. The van der Waals surface area contributed by atoms with Crippen LogP contribution < -0.4 is 15.4 Å². The quantitative estimate of drug-likeness (QED) is 0.223. The minimum absolute atomic E-state index is 0.0294. The number of aromatic nitrogens is 1. The third kappa shape index (κ3) is 6.40. The molecule has 2 aromatic heterocycles. The zero-order valence-electron chi connectivity index (χ0n) is 24.6. The number of alkyl halides is 3. The Labute approximate surface area is 257 Å². The van der Waals surface area contributed by atoms with Crippen LogP contribution in [0.2, 0.25) is 0 Å². The number of carbonyl (C=O) groups excluding carboxylic acids is 2. The Morgan fingerprint density at radius 1 is 1.02 bits per heavy atom. The van der Waals surface area contributed by atoms with E-state index < -0.39 is 23.6 Å². The van der Waals surface area contributed by atoms with Gasteiger partial charge in [-0.1, -0.05) is 36.4 Å². The number of hydrogen-bond acceptors (Lipinski definition) is 6. The Morgan fingerprint density at radius 2 is 1.82 bits per heavy atom. The van der Waals surface area contributed by atoms with Crippen molar-refractivity contribution in [2.45, 2.75) is 51.3 Å². The smallest absolute Gasteiger partial charge is 0.416 e. The second kappa shape index (κ2) is 12.1. The van der Waals surface area contributed by atoms with Crippen LogP contribution in [0, 0.1) is 6.92 Å². The maximum atomic E-state index is 13.9. The number of dihydropyridines is 1. The molecule has 7 nitrogen and oxygen atoms in total. The number of anilines is 1. The van der Waals surface area contributed by atoms with Crippen LogP contribution in [0.1, 0.15) is 59.8 Å². The Morgan fingerprint density at radius 3 is 2.58 bits per heavy atom. The van der Waals surface area contributed by atoms with Crippen molar-refractivity contribution >= 4 is 17.5 Å². The van der Waals surface area contributed by atoms with E-state index in [0.29, 0.717) is 40.6 Å². The first-order valence-corrected chi connectivity index (χ1v) is 14.5. The third-order valence-corrected chi connectivity index (χ3v) is 8.01. The summed E-state index contributed by atoms with van der Waals surface area (Å²) in [4.78, 5) is 32.0. The number of pyridine rings is 1. The molecule has 3 heterocycles. The molecule has 0 fully saturated rings. The van der Waals surface area contributed by atoms with Crippen molar-refractivity contribution in [3.63, 3.8) is 0 Å². The molecule has 4 aromatic rings. The maximum Gasteiger partial charge on any atom is 0.416 e. The number of Topliss-reactive ketones (excluding diaryl/α,β-unsaturated/α-hetero) is 1. The number of furan rings is 1. The summed E-state index contributed by atoms with van der Waals surface area (Å²) in [7, 11) is 0. The first kappa shape index (κ1) is 29.9. The van der Waals surface area contributed by atoms with Crippen LogP contribution >= 0.6 is 0 Å². The van der Waals surface area contributed by atoms with Crippen LogP contribution in [0.15, 0.2) is 112 Å². The zero-order valence-corrected chi connectivity index (χ0v) is 24.6. The van der Waals surface area contributed by atoms with Crippen molar-refractivity contribution in [3.8, 4) is 5.75 Å². The number of benzene rings is 2. The summed E-state index contributed by atoms with van der Waals surface area (Å²) < 4.78 is 51.3. The molecule has 2 N–H and O–H groups in total. The maximum absolute atomic E-state index is 13.9. The number of allylic oxidation sites excluding steroid dienone is 3. The predicted molar refractivity (Wildman–Crippen MR) is 161 cm³/mol. The molecule has 10 heteroatoms. The molecule has 0 saturated carbocycles.